The van der Waals surface area contributed by atoms with Crippen LogP contribution in [0.25, 0.3) is 0 Å². The molecule has 1 heterocycles. The number of piperazine rings is 1. The lowest BCUT2D eigenvalue weighted by Crippen LogP contribution is -2.52. The Hall–Kier alpha value is -0.750. The van der Waals surface area contributed by atoms with Crippen LogP contribution >= 0.6 is 35.8 Å². The van der Waals surface area contributed by atoms with Crippen molar-refractivity contribution in [1.29, 1.82) is 0 Å². The second-order valence-electron chi connectivity index (χ2n) is 5.06. The zero-order chi connectivity index (χ0) is 15.2. The maximum absolute atomic E-state index is 12.1. The number of hydrogen-bond donors (Lipinski definition) is 1. The smallest absolute Gasteiger partial charge is 0.232 e. The first-order valence-corrected chi connectivity index (χ1v) is 8.48. The molecule has 1 aliphatic heterocycles. The number of benzene rings is 1. The summed E-state index contributed by atoms with van der Waals surface area (Å²) < 4.78 is 0. The summed E-state index contributed by atoms with van der Waals surface area (Å²) in [5, 5.41) is 3.87. The van der Waals surface area contributed by atoms with Crippen molar-refractivity contribution in [3.05, 3.63) is 34.9 Å². The molecular weight excluding hydrogens is 343 g/mol. The average Bonchev–Trinajstić information content (AvgIpc) is 2.48. The molecule has 4 nitrogen and oxygen atoms in total. The molecular formula is C15H20Cl2N2O2S. The van der Waals surface area contributed by atoms with Crippen molar-refractivity contribution in [2.45, 2.75) is 13.0 Å². The van der Waals surface area contributed by atoms with Gasteiger partial charge in [-0.1, -0.05) is 11.6 Å². The van der Waals surface area contributed by atoms with Crippen LogP contribution in [-0.2, 0) is 4.79 Å². The Morgan fingerprint density at radius 2 is 2.00 bits per heavy atom. The van der Waals surface area contributed by atoms with Crippen LogP contribution in [0, 0.1) is 0 Å². The van der Waals surface area contributed by atoms with Crippen molar-refractivity contribution >= 4 is 47.5 Å². The number of amides is 1. The highest BCUT2D eigenvalue weighted by molar-refractivity contribution is 8.00. The van der Waals surface area contributed by atoms with Crippen LogP contribution in [0.1, 0.15) is 17.3 Å². The van der Waals surface area contributed by atoms with Crippen molar-refractivity contribution < 1.29 is 9.59 Å². The minimum Gasteiger partial charge on any atom is -0.337 e. The lowest BCUT2D eigenvalue weighted by molar-refractivity contribution is -0.131. The van der Waals surface area contributed by atoms with Gasteiger partial charge in [0.05, 0.1) is 11.5 Å². The molecule has 122 valence electrons. The average molecular weight is 363 g/mol. The van der Waals surface area contributed by atoms with Gasteiger partial charge >= 0.3 is 0 Å². The molecule has 1 atom stereocenters. The lowest BCUT2D eigenvalue weighted by Gasteiger charge is -2.33. The molecule has 0 aliphatic carbocycles. The van der Waals surface area contributed by atoms with E-state index in [1.54, 1.807) is 24.3 Å². The second-order valence-corrected chi connectivity index (χ2v) is 6.49. The molecule has 1 amide bonds. The highest BCUT2D eigenvalue weighted by Crippen LogP contribution is 2.13. The third-order valence-corrected chi connectivity index (χ3v) is 4.62. The van der Waals surface area contributed by atoms with Gasteiger partial charge in [-0.2, -0.15) is 0 Å². The Balaban J connectivity index is 0.00000242. The van der Waals surface area contributed by atoms with Gasteiger partial charge in [0.25, 0.3) is 0 Å². The molecule has 1 aliphatic rings. The number of thioether (sulfide) groups is 1. The molecule has 0 aromatic heterocycles. The Kier molecular flexibility index (Phi) is 8.25. The van der Waals surface area contributed by atoms with Crippen molar-refractivity contribution in [2.24, 2.45) is 0 Å². The van der Waals surface area contributed by atoms with Crippen LogP contribution in [0.4, 0.5) is 0 Å². The third kappa shape index (κ3) is 5.47. The van der Waals surface area contributed by atoms with Crippen molar-refractivity contribution in [3.8, 4) is 0 Å². The van der Waals surface area contributed by atoms with Crippen molar-refractivity contribution in [1.82, 2.24) is 10.2 Å². The fraction of sp³-hybridized carbons (Fsp3) is 0.467. The van der Waals surface area contributed by atoms with E-state index < -0.39 is 0 Å². The van der Waals surface area contributed by atoms with Gasteiger partial charge in [0.2, 0.25) is 5.91 Å². The number of nitrogens with zero attached hydrogens (tertiary/aromatic N) is 1. The number of rotatable bonds is 5. The number of hydrogen-bond acceptors (Lipinski definition) is 4. The Morgan fingerprint density at radius 3 is 2.64 bits per heavy atom. The van der Waals surface area contributed by atoms with E-state index >= 15 is 0 Å². The maximum Gasteiger partial charge on any atom is 0.232 e. The molecule has 0 bridgehead atoms. The van der Waals surface area contributed by atoms with Gasteiger partial charge in [-0.3, -0.25) is 9.59 Å². The molecule has 1 N–H and O–H groups in total. The molecule has 1 fully saturated rings. The van der Waals surface area contributed by atoms with Gasteiger partial charge in [-0.15, -0.1) is 24.2 Å². The number of carbonyl (C=O) groups excluding carboxylic acids is 2. The first kappa shape index (κ1) is 19.3. The summed E-state index contributed by atoms with van der Waals surface area (Å²) in [7, 11) is 0. The minimum atomic E-state index is 0. The second kappa shape index (κ2) is 9.40. The highest BCUT2D eigenvalue weighted by atomic mass is 35.5. The van der Waals surface area contributed by atoms with Gasteiger partial charge in [0, 0.05) is 36.3 Å². The molecule has 1 aromatic rings. The summed E-state index contributed by atoms with van der Waals surface area (Å²) in [6, 6.07) is 7.05. The highest BCUT2D eigenvalue weighted by Gasteiger charge is 2.22. The van der Waals surface area contributed by atoms with E-state index in [-0.39, 0.29) is 30.1 Å². The fourth-order valence-corrected chi connectivity index (χ4v) is 3.17. The van der Waals surface area contributed by atoms with Gasteiger partial charge < -0.3 is 10.2 Å². The number of nitrogens with one attached hydrogen (secondary N) is 1. The van der Waals surface area contributed by atoms with Crippen LogP contribution in [0.15, 0.2) is 24.3 Å². The van der Waals surface area contributed by atoms with Crippen LogP contribution in [0.2, 0.25) is 5.02 Å². The van der Waals surface area contributed by atoms with Crippen LogP contribution in [0.3, 0.4) is 0 Å². The first-order valence-electron chi connectivity index (χ1n) is 6.94. The van der Waals surface area contributed by atoms with E-state index in [0.717, 1.165) is 19.6 Å². The molecule has 2 rings (SSSR count). The molecule has 7 heteroatoms. The van der Waals surface area contributed by atoms with E-state index in [2.05, 4.69) is 5.32 Å². The number of ketones is 1. The van der Waals surface area contributed by atoms with E-state index in [0.29, 0.717) is 22.1 Å². The third-order valence-electron chi connectivity index (χ3n) is 3.45. The molecule has 0 spiro atoms. The zero-order valence-corrected chi connectivity index (χ0v) is 14.8. The normalized spacial score (nSPS) is 17.7. The van der Waals surface area contributed by atoms with E-state index in [4.69, 9.17) is 11.6 Å². The largest absolute Gasteiger partial charge is 0.337 e. The van der Waals surface area contributed by atoms with Gasteiger partial charge in [0.1, 0.15) is 0 Å². The summed E-state index contributed by atoms with van der Waals surface area (Å²) in [6.07, 6.45) is 0. The van der Waals surface area contributed by atoms with Gasteiger partial charge in [-0.05, 0) is 31.2 Å². The summed E-state index contributed by atoms with van der Waals surface area (Å²) in [4.78, 5) is 26.0. The monoisotopic (exact) mass is 362 g/mol. The van der Waals surface area contributed by atoms with Crippen molar-refractivity contribution in [3.63, 3.8) is 0 Å². The molecule has 0 unspecified atom stereocenters. The SMILES string of the molecule is C[C@H]1CNCCN1C(=O)CSCC(=O)c1ccc(Cl)cc1.Cl. The fourth-order valence-electron chi connectivity index (χ4n) is 2.24. The molecule has 0 saturated carbocycles. The quantitative estimate of drug-likeness (QED) is 0.817. The van der Waals surface area contributed by atoms with E-state index in [1.165, 1.54) is 11.8 Å². The lowest BCUT2D eigenvalue weighted by atomic mass is 10.1. The summed E-state index contributed by atoms with van der Waals surface area (Å²) in [5.41, 5.74) is 0.634. The van der Waals surface area contributed by atoms with Crippen molar-refractivity contribution in [2.75, 3.05) is 31.1 Å². The molecule has 1 aromatic carbocycles. The van der Waals surface area contributed by atoms with E-state index in [9.17, 15) is 9.59 Å². The topological polar surface area (TPSA) is 49.4 Å². The summed E-state index contributed by atoms with van der Waals surface area (Å²) in [5.74, 6) is 0.799. The standard InChI is InChI=1S/C15H19ClN2O2S.ClH/c1-11-8-17-6-7-18(11)15(20)10-21-9-14(19)12-2-4-13(16)5-3-12;/h2-5,11,17H,6-10H2,1H3;1H/t11-;/m0./s1. The molecule has 0 radical (unpaired) electrons. The predicted octanol–water partition coefficient (Wildman–Crippen LogP) is 2.50. The Morgan fingerprint density at radius 1 is 1.32 bits per heavy atom. The Bertz CT molecular complexity index is 511. The molecule has 22 heavy (non-hydrogen) atoms. The maximum atomic E-state index is 12.1. The number of carbonyl (C=O) groups is 2. The molecule has 1 saturated heterocycles. The van der Waals surface area contributed by atoms with Crippen LogP contribution in [-0.4, -0.2) is 53.8 Å². The van der Waals surface area contributed by atoms with Gasteiger partial charge in [-0.25, -0.2) is 0 Å². The number of halogens is 2. The first-order chi connectivity index (χ1) is 10.1. The minimum absolute atomic E-state index is 0. The number of Topliss-reactive ketones (excluding diaryl/α,β-unsaturated/α-hetero) is 1. The zero-order valence-electron chi connectivity index (χ0n) is 12.4. The van der Waals surface area contributed by atoms with Crippen LogP contribution < -0.4 is 5.32 Å². The van der Waals surface area contributed by atoms with Crippen LogP contribution in [0.5, 0.6) is 0 Å². The summed E-state index contributed by atoms with van der Waals surface area (Å²) in [6.45, 7) is 4.45. The van der Waals surface area contributed by atoms with E-state index in [1.807, 2.05) is 11.8 Å². The predicted molar refractivity (Wildman–Crippen MR) is 94.4 cm³/mol. The summed E-state index contributed by atoms with van der Waals surface area (Å²) >= 11 is 7.16. The Labute approximate surface area is 146 Å². The van der Waals surface area contributed by atoms with Gasteiger partial charge in [0.15, 0.2) is 5.78 Å².